The first-order valence-corrected chi connectivity index (χ1v) is 5.96. The highest BCUT2D eigenvalue weighted by molar-refractivity contribution is 6.37. The molecule has 94 valence electrons. The molecule has 0 aromatic rings. The molecule has 1 N–H and O–H groups in total. The van der Waals surface area contributed by atoms with Gasteiger partial charge in [-0.3, -0.25) is 0 Å². The molecule has 0 rings (SSSR count). The van der Waals surface area contributed by atoms with E-state index < -0.39 is 0 Å². The zero-order valence-electron chi connectivity index (χ0n) is 11.0. The van der Waals surface area contributed by atoms with Crippen LogP contribution in [0, 0.1) is 11.8 Å². The Hall–Kier alpha value is -1.06. The molecule has 0 saturated heterocycles. The predicted octanol–water partition coefficient (Wildman–Crippen LogP) is 2.20. The highest BCUT2D eigenvalue weighted by Crippen LogP contribution is 2.00. The van der Waals surface area contributed by atoms with Crippen LogP contribution in [0.3, 0.4) is 0 Å². The Labute approximate surface area is 98.4 Å². The lowest BCUT2D eigenvalue weighted by Gasteiger charge is -2.10. The Kier molecular flexibility index (Phi) is 7.60. The first-order chi connectivity index (χ1) is 7.49. The number of rotatable bonds is 7. The molecule has 0 unspecified atom stereocenters. The third-order valence-corrected chi connectivity index (χ3v) is 2.06. The van der Waals surface area contributed by atoms with E-state index in [1.807, 2.05) is 13.8 Å². The van der Waals surface area contributed by atoms with Crippen molar-refractivity contribution in [3.63, 3.8) is 0 Å². The van der Waals surface area contributed by atoms with Gasteiger partial charge < -0.3 is 10.2 Å². The summed E-state index contributed by atoms with van der Waals surface area (Å²) in [7, 11) is 0. The van der Waals surface area contributed by atoms with Gasteiger partial charge in [0, 0.05) is 12.5 Å². The van der Waals surface area contributed by atoms with E-state index in [0.717, 1.165) is 13.0 Å². The summed E-state index contributed by atoms with van der Waals surface area (Å²) in [6.07, 6.45) is 1.04. The smallest absolute Gasteiger partial charge is 0.354 e. The Morgan fingerprint density at radius 1 is 1.31 bits per heavy atom. The molecule has 0 aliphatic carbocycles. The van der Waals surface area contributed by atoms with Crippen molar-refractivity contribution < 1.29 is 9.53 Å². The van der Waals surface area contributed by atoms with Crippen LogP contribution < -0.4 is 5.43 Å². The highest BCUT2D eigenvalue weighted by atomic mass is 16.5. The fourth-order valence-electron chi connectivity index (χ4n) is 1.11. The number of hydrogen-bond acceptors (Lipinski definition) is 4. The van der Waals surface area contributed by atoms with Crippen LogP contribution in [-0.4, -0.2) is 24.8 Å². The maximum absolute atomic E-state index is 11.5. The minimum absolute atomic E-state index is 0.0746. The summed E-state index contributed by atoms with van der Waals surface area (Å²) in [4.78, 5) is 11.5. The summed E-state index contributed by atoms with van der Waals surface area (Å²) < 4.78 is 4.93. The zero-order valence-corrected chi connectivity index (χ0v) is 11.0. The van der Waals surface area contributed by atoms with Gasteiger partial charge in [0.15, 0.2) is 0 Å². The molecule has 0 fully saturated rings. The first-order valence-electron chi connectivity index (χ1n) is 5.96. The lowest BCUT2D eigenvalue weighted by molar-refractivity contribution is -0.135. The van der Waals surface area contributed by atoms with Gasteiger partial charge >= 0.3 is 5.97 Å². The van der Waals surface area contributed by atoms with Gasteiger partial charge in [-0.2, -0.15) is 5.10 Å². The summed E-state index contributed by atoms with van der Waals surface area (Å²) >= 11 is 0. The van der Waals surface area contributed by atoms with Crippen molar-refractivity contribution in [1.82, 2.24) is 5.43 Å². The van der Waals surface area contributed by atoms with Crippen molar-refractivity contribution in [1.29, 1.82) is 0 Å². The summed E-state index contributed by atoms with van der Waals surface area (Å²) in [6.45, 7) is 11.1. The third kappa shape index (κ3) is 6.43. The Morgan fingerprint density at radius 2 is 1.94 bits per heavy atom. The summed E-state index contributed by atoms with van der Waals surface area (Å²) in [5, 5.41) is 4.11. The van der Waals surface area contributed by atoms with Gasteiger partial charge in [0.05, 0.1) is 6.61 Å². The van der Waals surface area contributed by atoms with Gasteiger partial charge in [0.2, 0.25) is 0 Å². The van der Waals surface area contributed by atoms with E-state index in [0.29, 0.717) is 18.2 Å². The lowest BCUT2D eigenvalue weighted by atomic mass is 10.1. The molecule has 16 heavy (non-hydrogen) atoms. The Balaban J connectivity index is 4.20. The number of hydrazone groups is 1. The van der Waals surface area contributed by atoms with Crippen molar-refractivity contribution in [2.24, 2.45) is 16.9 Å². The van der Waals surface area contributed by atoms with Crippen LogP contribution in [-0.2, 0) is 9.53 Å². The molecule has 4 nitrogen and oxygen atoms in total. The topological polar surface area (TPSA) is 50.7 Å². The zero-order chi connectivity index (χ0) is 12.6. The van der Waals surface area contributed by atoms with Crippen LogP contribution in [0.25, 0.3) is 0 Å². The summed E-state index contributed by atoms with van der Waals surface area (Å²) in [6, 6.07) is 0. The second-order valence-electron chi connectivity index (χ2n) is 4.46. The van der Waals surface area contributed by atoms with E-state index in [1.165, 1.54) is 0 Å². The normalized spacial score (nSPS) is 12.1. The van der Waals surface area contributed by atoms with Crippen molar-refractivity contribution in [2.45, 2.75) is 41.0 Å². The molecule has 0 saturated carbocycles. The van der Waals surface area contributed by atoms with E-state index >= 15 is 0 Å². The quantitative estimate of drug-likeness (QED) is 0.314. The molecule has 0 radical (unpaired) electrons. The third-order valence-electron chi connectivity index (χ3n) is 2.06. The minimum atomic E-state index is -0.324. The first kappa shape index (κ1) is 14.9. The molecule has 0 heterocycles. The molecule has 0 spiro atoms. The van der Waals surface area contributed by atoms with E-state index in [-0.39, 0.29) is 11.9 Å². The van der Waals surface area contributed by atoms with Gasteiger partial charge in [-0.25, -0.2) is 4.79 Å². The van der Waals surface area contributed by atoms with Crippen LogP contribution in [0.1, 0.15) is 41.0 Å². The number of ether oxygens (including phenoxy) is 1. The summed E-state index contributed by atoms with van der Waals surface area (Å²) in [5.41, 5.74) is 3.39. The fourth-order valence-corrected chi connectivity index (χ4v) is 1.11. The standard InChI is InChI=1S/C12H24N2O2/c1-6-16-12(15)11(10(4)5)14-13-8-7-9(2)3/h9-10,13H,6-8H2,1-5H3. The van der Waals surface area contributed by atoms with E-state index in [2.05, 4.69) is 24.4 Å². The summed E-state index contributed by atoms with van der Waals surface area (Å²) in [5.74, 6) is 0.382. The maximum Gasteiger partial charge on any atom is 0.354 e. The number of nitrogens with zero attached hydrogens (tertiary/aromatic N) is 1. The fraction of sp³-hybridized carbons (Fsp3) is 0.833. The number of hydrogen-bond donors (Lipinski definition) is 1. The largest absolute Gasteiger partial charge is 0.461 e. The molecule has 0 bridgehead atoms. The average Bonchev–Trinajstić information content (AvgIpc) is 2.16. The second kappa shape index (κ2) is 8.13. The van der Waals surface area contributed by atoms with E-state index in [9.17, 15) is 4.79 Å². The molecule has 0 aliphatic rings. The van der Waals surface area contributed by atoms with Crippen LogP contribution >= 0.6 is 0 Å². The average molecular weight is 228 g/mol. The molecular weight excluding hydrogens is 204 g/mol. The second-order valence-corrected chi connectivity index (χ2v) is 4.46. The molecule has 4 heteroatoms. The van der Waals surface area contributed by atoms with Crippen molar-refractivity contribution in [3.05, 3.63) is 0 Å². The number of nitrogens with one attached hydrogen (secondary N) is 1. The number of esters is 1. The molecule has 0 aliphatic heterocycles. The van der Waals surface area contributed by atoms with Gasteiger partial charge in [-0.15, -0.1) is 0 Å². The van der Waals surface area contributed by atoms with Crippen LogP contribution in [0.2, 0.25) is 0 Å². The maximum atomic E-state index is 11.5. The van der Waals surface area contributed by atoms with Gasteiger partial charge in [-0.1, -0.05) is 27.7 Å². The minimum Gasteiger partial charge on any atom is -0.461 e. The Morgan fingerprint density at radius 3 is 2.38 bits per heavy atom. The molecular formula is C12H24N2O2. The van der Waals surface area contributed by atoms with Crippen LogP contribution in [0.5, 0.6) is 0 Å². The van der Waals surface area contributed by atoms with Crippen molar-refractivity contribution >= 4 is 11.7 Å². The van der Waals surface area contributed by atoms with E-state index in [4.69, 9.17) is 4.74 Å². The molecule has 0 aromatic heterocycles. The van der Waals surface area contributed by atoms with E-state index in [1.54, 1.807) is 6.92 Å². The SMILES string of the molecule is CCOC(=O)C(=NNCCC(C)C)C(C)C. The van der Waals surface area contributed by atoms with Crippen molar-refractivity contribution in [2.75, 3.05) is 13.2 Å². The van der Waals surface area contributed by atoms with Crippen LogP contribution in [0.4, 0.5) is 0 Å². The molecule has 0 amide bonds. The van der Waals surface area contributed by atoms with Gasteiger partial charge in [0.25, 0.3) is 0 Å². The highest BCUT2D eigenvalue weighted by Gasteiger charge is 2.16. The van der Waals surface area contributed by atoms with Gasteiger partial charge in [0.1, 0.15) is 5.71 Å². The monoisotopic (exact) mass is 228 g/mol. The molecule has 0 aromatic carbocycles. The lowest BCUT2D eigenvalue weighted by Crippen LogP contribution is -2.26. The molecule has 0 atom stereocenters. The predicted molar refractivity (Wildman–Crippen MR) is 66.4 cm³/mol. The van der Waals surface area contributed by atoms with Crippen molar-refractivity contribution in [3.8, 4) is 0 Å². The van der Waals surface area contributed by atoms with Crippen LogP contribution in [0.15, 0.2) is 5.10 Å². The number of carbonyl (C=O) groups is 1. The Bertz CT molecular complexity index is 235. The van der Waals surface area contributed by atoms with Gasteiger partial charge in [-0.05, 0) is 19.3 Å². The number of carbonyl (C=O) groups excluding carboxylic acids is 1.